The summed E-state index contributed by atoms with van der Waals surface area (Å²) in [7, 11) is -3.07. The molecule has 0 unspecified atom stereocenters. The van der Waals surface area contributed by atoms with Gasteiger partial charge in [-0.05, 0) is 25.2 Å². The summed E-state index contributed by atoms with van der Waals surface area (Å²) in [6.45, 7) is 2.44. The number of carbonyl (C=O) groups is 1. The molecule has 0 spiro atoms. The Morgan fingerprint density at radius 1 is 1.35 bits per heavy atom. The van der Waals surface area contributed by atoms with Crippen molar-refractivity contribution in [1.29, 1.82) is 0 Å². The monoisotopic (exact) mass is 338 g/mol. The first-order chi connectivity index (χ1) is 11.0. The Bertz CT molecular complexity index is 670. The van der Waals surface area contributed by atoms with Crippen molar-refractivity contribution in [3.8, 4) is 0 Å². The highest BCUT2D eigenvalue weighted by molar-refractivity contribution is 7.91. The van der Waals surface area contributed by atoms with Crippen LogP contribution in [0.1, 0.15) is 32.0 Å². The summed E-state index contributed by atoms with van der Waals surface area (Å²) in [4.78, 5) is 22.6. The fraction of sp³-hybridized carbons (Fsp3) is 0.667. The van der Waals surface area contributed by atoms with Gasteiger partial charge in [0.05, 0.1) is 35.6 Å². The smallest absolute Gasteiger partial charge is 0.320 e. The van der Waals surface area contributed by atoms with Gasteiger partial charge in [0.2, 0.25) is 0 Å². The highest BCUT2D eigenvalue weighted by atomic mass is 32.2. The predicted molar refractivity (Wildman–Crippen MR) is 86.9 cm³/mol. The quantitative estimate of drug-likeness (QED) is 0.901. The van der Waals surface area contributed by atoms with Crippen molar-refractivity contribution in [2.75, 3.05) is 23.4 Å². The van der Waals surface area contributed by atoms with Crippen molar-refractivity contribution in [3.05, 3.63) is 18.2 Å². The fourth-order valence-electron chi connectivity index (χ4n) is 2.97. The van der Waals surface area contributed by atoms with Crippen molar-refractivity contribution in [2.45, 2.75) is 38.6 Å². The number of sulfone groups is 1. The van der Waals surface area contributed by atoms with Crippen LogP contribution in [0, 0.1) is 5.92 Å². The molecule has 1 aromatic heterocycles. The van der Waals surface area contributed by atoms with E-state index in [0.717, 1.165) is 25.1 Å². The van der Waals surface area contributed by atoms with E-state index in [2.05, 4.69) is 15.3 Å². The summed E-state index contributed by atoms with van der Waals surface area (Å²) in [5.74, 6) is 1.28. The van der Waals surface area contributed by atoms with E-state index in [4.69, 9.17) is 0 Å². The molecule has 1 saturated heterocycles. The molecule has 1 aliphatic heterocycles. The first-order valence-corrected chi connectivity index (χ1v) is 9.89. The zero-order chi connectivity index (χ0) is 16.4. The van der Waals surface area contributed by atoms with Crippen molar-refractivity contribution in [3.63, 3.8) is 0 Å². The van der Waals surface area contributed by atoms with Gasteiger partial charge in [0.15, 0.2) is 9.84 Å². The minimum absolute atomic E-state index is 0.0797. The maximum absolute atomic E-state index is 12.6. The van der Waals surface area contributed by atoms with E-state index in [1.807, 2.05) is 6.92 Å². The molecule has 2 amide bonds. The lowest BCUT2D eigenvalue weighted by atomic mass is 10.2. The maximum Gasteiger partial charge on any atom is 0.322 e. The number of hydrogen-bond donors (Lipinski definition) is 1. The van der Waals surface area contributed by atoms with Crippen LogP contribution in [0.2, 0.25) is 0 Å². The third-order valence-electron chi connectivity index (χ3n) is 4.38. The number of aryl methyl sites for hydroxylation is 1. The molecule has 2 heterocycles. The molecule has 1 saturated carbocycles. The van der Waals surface area contributed by atoms with E-state index in [9.17, 15) is 13.2 Å². The van der Waals surface area contributed by atoms with Crippen LogP contribution < -0.4 is 5.32 Å². The zero-order valence-electron chi connectivity index (χ0n) is 13.2. The van der Waals surface area contributed by atoms with Crippen molar-refractivity contribution in [1.82, 2.24) is 14.9 Å². The van der Waals surface area contributed by atoms with E-state index in [-0.39, 0.29) is 23.6 Å². The van der Waals surface area contributed by atoms with Crippen LogP contribution in [0.4, 0.5) is 10.5 Å². The average Bonchev–Trinajstić information content (AvgIpc) is 3.35. The molecule has 0 radical (unpaired) electrons. The van der Waals surface area contributed by atoms with Crippen LogP contribution in [0.5, 0.6) is 0 Å². The van der Waals surface area contributed by atoms with Gasteiger partial charge in [0.1, 0.15) is 5.82 Å². The predicted octanol–water partition coefficient (Wildman–Crippen LogP) is 1.47. The summed E-state index contributed by atoms with van der Waals surface area (Å²) < 4.78 is 24.1. The fourth-order valence-corrected chi connectivity index (χ4v) is 4.68. The Kier molecular flexibility index (Phi) is 4.52. The second-order valence-corrected chi connectivity index (χ2v) is 8.47. The van der Waals surface area contributed by atoms with Gasteiger partial charge < -0.3 is 10.2 Å². The van der Waals surface area contributed by atoms with E-state index in [0.29, 0.717) is 24.6 Å². The van der Waals surface area contributed by atoms with Crippen LogP contribution in [0.25, 0.3) is 0 Å². The van der Waals surface area contributed by atoms with Gasteiger partial charge in [-0.1, -0.05) is 6.92 Å². The molecule has 0 bridgehead atoms. The van der Waals surface area contributed by atoms with Gasteiger partial charge in [-0.15, -0.1) is 0 Å². The number of hydrogen-bond acceptors (Lipinski definition) is 5. The lowest BCUT2D eigenvalue weighted by Gasteiger charge is -2.29. The largest absolute Gasteiger partial charge is 0.322 e. The number of rotatable bonds is 3. The first kappa shape index (κ1) is 16.2. The molecule has 126 valence electrons. The molecule has 1 atom stereocenters. The summed E-state index contributed by atoms with van der Waals surface area (Å²) in [5.41, 5.74) is 0.536. The van der Waals surface area contributed by atoms with E-state index in [1.54, 1.807) is 17.3 Å². The standard InChI is InChI=1S/C15H22N4O3S/c1-2-14-16-8-12(9-17-14)18-15(20)19-6-3-7-23(21,22)10-13(19)11-4-5-11/h8-9,11,13H,2-7,10H2,1H3,(H,18,20)/t13-/m0/s1. The molecular formula is C15H22N4O3S. The number of nitrogens with one attached hydrogen (secondary N) is 1. The van der Waals surface area contributed by atoms with Gasteiger partial charge in [-0.25, -0.2) is 23.2 Å². The minimum Gasteiger partial charge on any atom is -0.320 e. The van der Waals surface area contributed by atoms with Gasteiger partial charge >= 0.3 is 6.03 Å². The molecule has 8 heteroatoms. The second-order valence-electron chi connectivity index (χ2n) is 6.24. The van der Waals surface area contributed by atoms with Crippen molar-refractivity contribution in [2.24, 2.45) is 5.92 Å². The summed E-state index contributed by atoms with van der Waals surface area (Å²) >= 11 is 0. The summed E-state index contributed by atoms with van der Waals surface area (Å²) in [5, 5.41) is 2.80. The third kappa shape index (κ3) is 3.99. The molecule has 7 nitrogen and oxygen atoms in total. The minimum atomic E-state index is -3.07. The van der Waals surface area contributed by atoms with Crippen LogP contribution in [0.3, 0.4) is 0 Å². The maximum atomic E-state index is 12.6. The van der Waals surface area contributed by atoms with Crippen molar-refractivity contribution >= 4 is 21.6 Å². The zero-order valence-corrected chi connectivity index (χ0v) is 14.1. The SMILES string of the molecule is CCc1ncc(NC(=O)N2CCCS(=O)(=O)C[C@H]2C2CC2)cn1. The molecule has 3 rings (SSSR count). The van der Waals surface area contributed by atoms with Crippen LogP contribution in [-0.4, -0.2) is 53.4 Å². The van der Waals surface area contributed by atoms with E-state index in [1.165, 1.54) is 0 Å². The molecule has 23 heavy (non-hydrogen) atoms. The third-order valence-corrected chi connectivity index (χ3v) is 6.14. The average molecular weight is 338 g/mol. The molecule has 1 N–H and O–H groups in total. The Balaban J connectivity index is 1.73. The van der Waals surface area contributed by atoms with E-state index < -0.39 is 9.84 Å². The molecule has 2 fully saturated rings. The lowest BCUT2D eigenvalue weighted by Crippen LogP contribution is -2.46. The highest BCUT2D eigenvalue weighted by Gasteiger charge is 2.41. The number of aromatic nitrogens is 2. The number of amides is 2. The number of urea groups is 1. The topological polar surface area (TPSA) is 92.3 Å². The summed E-state index contributed by atoms with van der Waals surface area (Å²) in [6, 6.07) is -0.467. The van der Waals surface area contributed by atoms with Crippen LogP contribution in [-0.2, 0) is 16.3 Å². The Hall–Kier alpha value is -1.70. The lowest BCUT2D eigenvalue weighted by molar-refractivity contribution is 0.187. The molecule has 1 aromatic rings. The first-order valence-electron chi connectivity index (χ1n) is 8.07. The second kappa shape index (κ2) is 6.43. The molecule has 0 aromatic carbocycles. The Morgan fingerprint density at radius 2 is 2.04 bits per heavy atom. The molecule has 1 aliphatic carbocycles. The van der Waals surface area contributed by atoms with Gasteiger partial charge in [-0.2, -0.15) is 0 Å². The van der Waals surface area contributed by atoms with Gasteiger partial charge in [0.25, 0.3) is 0 Å². The van der Waals surface area contributed by atoms with Gasteiger partial charge in [0, 0.05) is 13.0 Å². The summed E-state index contributed by atoms with van der Waals surface area (Å²) in [6.07, 6.45) is 6.40. The molecule has 2 aliphatic rings. The van der Waals surface area contributed by atoms with Crippen LogP contribution >= 0.6 is 0 Å². The Morgan fingerprint density at radius 3 is 2.65 bits per heavy atom. The number of carbonyl (C=O) groups excluding carboxylic acids is 1. The number of anilines is 1. The highest BCUT2D eigenvalue weighted by Crippen LogP contribution is 2.37. The Labute approximate surface area is 136 Å². The van der Waals surface area contributed by atoms with E-state index >= 15 is 0 Å². The normalized spacial score (nSPS) is 24.0. The van der Waals surface area contributed by atoms with Gasteiger partial charge in [-0.3, -0.25) is 0 Å². The number of nitrogens with zero attached hydrogens (tertiary/aromatic N) is 3. The van der Waals surface area contributed by atoms with Crippen LogP contribution in [0.15, 0.2) is 12.4 Å². The molecular weight excluding hydrogens is 316 g/mol. The van der Waals surface area contributed by atoms with Crippen molar-refractivity contribution < 1.29 is 13.2 Å².